The number of rotatable bonds is 7. The molecule has 0 unspecified atom stereocenters. The molecule has 4 aromatic rings. The van der Waals surface area contributed by atoms with E-state index in [1.807, 2.05) is 12.1 Å². The summed E-state index contributed by atoms with van der Waals surface area (Å²) in [7, 11) is 0. The number of benzene rings is 4. The van der Waals surface area contributed by atoms with Gasteiger partial charge in [0.05, 0.1) is 15.1 Å². The summed E-state index contributed by atoms with van der Waals surface area (Å²) in [5.74, 6) is 5.75. The topological polar surface area (TPSA) is 106 Å². The summed E-state index contributed by atoms with van der Waals surface area (Å²) < 4.78 is 19.5. The van der Waals surface area contributed by atoms with E-state index in [-0.39, 0.29) is 0 Å². The zero-order valence-electron chi connectivity index (χ0n) is 23.4. The molecule has 43 heavy (non-hydrogen) atoms. The molecule has 0 aromatic heterocycles. The first-order chi connectivity index (χ1) is 20.7. The van der Waals surface area contributed by atoms with Crippen LogP contribution in [0.5, 0.6) is 34.5 Å². The van der Waals surface area contributed by atoms with E-state index in [2.05, 4.69) is 0 Å². The number of nitrogen functional groups attached to an aromatic ring is 3. The Morgan fingerprint density at radius 2 is 0.860 bits per heavy atom. The predicted molar refractivity (Wildman–Crippen MR) is 174 cm³/mol. The Morgan fingerprint density at radius 3 is 1.30 bits per heavy atom. The molecule has 4 aliphatic rings. The molecule has 9 heteroatoms. The van der Waals surface area contributed by atoms with E-state index >= 15 is 0 Å². The molecule has 4 aromatic carbocycles. The number of ether oxygens (including phenoxy) is 3. The van der Waals surface area contributed by atoms with E-state index in [4.69, 9.17) is 66.2 Å². The summed E-state index contributed by atoms with van der Waals surface area (Å²) in [5.41, 5.74) is 20.9. The Kier molecular flexibility index (Phi) is 7.40. The van der Waals surface area contributed by atoms with Gasteiger partial charge in [0.15, 0.2) is 11.5 Å². The van der Waals surface area contributed by atoms with E-state index in [9.17, 15) is 0 Å². The standard InChI is InChI=1S/C34H32Cl3N3O3/c35-25-4-1-21(38)12-29(25)41-28-16-33(43-31-14-23(40)3-6-27(31)37)32(42-30-13-22(39)2-5-26(30)36)15-24(28)34-19-8-17-7-18(10-19)11-20(34)9-17/h1-6,12-20,34H,7-11,38-40H2. The van der Waals surface area contributed by atoms with Crippen molar-refractivity contribution in [3.05, 3.63) is 87.4 Å². The molecule has 6 nitrogen and oxygen atoms in total. The van der Waals surface area contributed by atoms with Crippen LogP contribution in [0.4, 0.5) is 17.1 Å². The third-order valence-corrected chi connectivity index (χ3v) is 10.1. The minimum absolute atomic E-state index is 0.298. The molecule has 0 amide bonds. The number of nitrogens with two attached hydrogens (primary N) is 3. The normalized spacial score (nSPS) is 23.7. The molecule has 4 fully saturated rings. The second-order valence-electron chi connectivity index (χ2n) is 12.2. The Balaban J connectivity index is 1.39. The van der Waals surface area contributed by atoms with Gasteiger partial charge in [-0.1, -0.05) is 34.8 Å². The van der Waals surface area contributed by atoms with Gasteiger partial charge in [-0.05, 0) is 104 Å². The minimum atomic E-state index is 0.298. The van der Waals surface area contributed by atoms with Crippen molar-refractivity contribution in [1.82, 2.24) is 0 Å². The lowest BCUT2D eigenvalue weighted by molar-refractivity contribution is -0.00341. The SMILES string of the molecule is Nc1ccc(Cl)c(Oc2cc(Oc3cc(N)ccc3Cl)c(C3C4CC5CC(C4)CC3C5)cc2Oc2cc(N)ccc2Cl)c1. The average molecular weight is 637 g/mol. The van der Waals surface area contributed by atoms with Crippen LogP contribution in [0, 0.1) is 23.7 Å². The van der Waals surface area contributed by atoms with Crippen molar-refractivity contribution in [3.63, 3.8) is 0 Å². The van der Waals surface area contributed by atoms with Gasteiger partial charge in [-0.2, -0.15) is 0 Å². The van der Waals surface area contributed by atoms with Gasteiger partial charge >= 0.3 is 0 Å². The highest BCUT2D eigenvalue weighted by molar-refractivity contribution is 6.32. The first-order valence-electron chi connectivity index (χ1n) is 14.6. The Labute approximate surface area is 266 Å². The van der Waals surface area contributed by atoms with Crippen LogP contribution in [0.2, 0.25) is 15.1 Å². The second kappa shape index (κ2) is 11.2. The van der Waals surface area contributed by atoms with Gasteiger partial charge in [0.1, 0.15) is 23.0 Å². The maximum atomic E-state index is 6.61. The third kappa shape index (κ3) is 5.64. The van der Waals surface area contributed by atoms with Crippen LogP contribution in [0.25, 0.3) is 0 Å². The Hall–Kier alpha value is -3.45. The second-order valence-corrected chi connectivity index (χ2v) is 13.4. The monoisotopic (exact) mass is 635 g/mol. The van der Waals surface area contributed by atoms with E-state index in [1.54, 1.807) is 54.6 Å². The van der Waals surface area contributed by atoms with Crippen LogP contribution in [0.3, 0.4) is 0 Å². The third-order valence-electron chi connectivity index (χ3n) is 9.19. The first kappa shape index (κ1) is 28.3. The fraction of sp³-hybridized carbons (Fsp3) is 0.294. The molecular formula is C34H32Cl3N3O3. The van der Waals surface area contributed by atoms with Gasteiger partial charge in [-0.3, -0.25) is 0 Å². The Morgan fingerprint density at radius 1 is 0.465 bits per heavy atom. The summed E-state index contributed by atoms with van der Waals surface area (Å²) in [6.45, 7) is 0. The number of anilines is 3. The molecule has 0 spiro atoms. The molecular weight excluding hydrogens is 605 g/mol. The van der Waals surface area contributed by atoms with Crippen LogP contribution < -0.4 is 31.4 Å². The van der Waals surface area contributed by atoms with Crippen molar-refractivity contribution in [2.75, 3.05) is 17.2 Å². The van der Waals surface area contributed by atoms with Crippen LogP contribution >= 0.6 is 34.8 Å². The lowest BCUT2D eigenvalue weighted by atomic mass is 9.50. The van der Waals surface area contributed by atoms with E-state index in [0.717, 1.165) is 17.4 Å². The molecule has 4 aliphatic carbocycles. The maximum Gasteiger partial charge on any atom is 0.173 e. The minimum Gasteiger partial charge on any atom is -0.455 e. The number of halogens is 3. The molecule has 4 bridgehead atoms. The van der Waals surface area contributed by atoms with Crippen molar-refractivity contribution in [2.45, 2.75) is 38.0 Å². The van der Waals surface area contributed by atoms with Crippen LogP contribution in [-0.2, 0) is 0 Å². The largest absolute Gasteiger partial charge is 0.455 e. The first-order valence-corrected chi connectivity index (χ1v) is 15.7. The number of hydrogen-bond donors (Lipinski definition) is 3. The van der Waals surface area contributed by atoms with E-state index < -0.39 is 0 Å². The van der Waals surface area contributed by atoms with Crippen molar-refractivity contribution in [2.24, 2.45) is 23.7 Å². The maximum absolute atomic E-state index is 6.61. The van der Waals surface area contributed by atoms with Crippen molar-refractivity contribution in [3.8, 4) is 34.5 Å². The molecule has 0 aliphatic heterocycles. The molecule has 4 saturated carbocycles. The van der Waals surface area contributed by atoms with E-state index in [1.165, 1.54) is 32.1 Å². The summed E-state index contributed by atoms with van der Waals surface area (Å²) in [6, 6.07) is 19.3. The molecule has 8 rings (SSSR count). The molecule has 0 saturated heterocycles. The zero-order valence-corrected chi connectivity index (χ0v) is 25.6. The molecule has 0 radical (unpaired) electrons. The highest BCUT2D eigenvalue weighted by Gasteiger charge is 2.49. The van der Waals surface area contributed by atoms with Crippen LogP contribution in [-0.4, -0.2) is 0 Å². The average Bonchev–Trinajstić information content (AvgIpc) is 2.96. The highest BCUT2D eigenvalue weighted by Crippen LogP contribution is 2.62. The fourth-order valence-corrected chi connectivity index (χ4v) is 8.12. The predicted octanol–water partition coefficient (Wildman–Crippen LogP) is 10.3. The number of hydrogen-bond acceptors (Lipinski definition) is 6. The van der Waals surface area contributed by atoms with Crippen LogP contribution in [0.15, 0.2) is 66.7 Å². The lowest BCUT2D eigenvalue weighted by Gasteiger charge is -2.54. The quantitative estimate of drug-likeness (QED) is 0.174. The molecule has 0 heterocycles. The zero-order chi connectivity index (χ0) is 29.8. The molecule has 6 N–H and O–H groups in total. The lowest BCUT2D eigenvalue weighted by Crippen LogP contribution is -2.43. The Bertz CT molecular complexity index is 1680. The summed E-state index contributed by atoms with van der Waals surface area (Å²) in [6.07, 6.45) is 6.27. The van der Waals surface area contributed by atoms with Gasteiger partial charge in [0, 0.05) is 46.9 Å². The van der Waals surface area contributed by atoms with Gasteiger partial charge in [0.25, 0.3) is 0 Å². The van der Waals surface area contributed by atoms with Gasteiger partial charge in [-0.15, -0.1) is 0 Å². The highest BCUT2D eigenvalue weighted by atomic mass is 35.5. The summed E-state index contributed by atoms with van der Waals surface area (Å²) in [5, 5.41) is 1.28. The summed E-state index contributed by atoms with van der Waals surface area (Å²) >= 11 is 19.7. The van der Waals surface area contributed by atoms with Crippen molar-refractivity contribution < 1.29 is 14.2 Å². The molecule has 222 valence electrons. The van der Waals surface area contributed by atoms with Crippen molar-refractivity contribution >= 4 is 51.9 Å². The summed E-state index contributed by atoms with van der Waals surface area (Å²) in [4.78, 5) is 0. The molecule has 0 atom stereocenters. The van der Waals surface area contributed by atoms with E-state index in [0.29, 0.717) is 84.4 Å². The van der Waals surface area contributed by atoms with Crippen molar-refractivity contribution in [1.29, 1.82) is 0 Å². The van der Waals surface area contributed by atoms with Gasteiger partial charge in [0.2, 0.25) is 0 Å². The smallest absolute Gasteiger partial charge is 0.173 e. The fourth-order valence-electron chi connectivity index (χ4n) is 7.65. The van der Waals surface area contributed by atoms with Crippen LogP contribution in [0.1, 0.15) is 43.6 Å². The van der Waals surface area contributed by atoms with Gasteiger partial charge < -0.3 is 31.4 Å². The van der Waals surface area contributed by atoms with Gasteiger partial charge in [-0.25, -0.2) is 0 Å².